The number of hydrogen-bond donors (Lipinski definition) is 1. The fourth-order valence-corrected chi connectivity index (χ4v) is 0.596. The van der Waals surface area contributed by atoms with E-state index in [1.54, 1.807) is 0 Å². The van der Waals surface area contributed by atoms with Gasteiger partial charge in [0.05, 0.1) is 13.0 Å². The zero-order valence-corrected chi connectivity index (χ0v) is 7.11. The van der Waals surface area contributed by atoms with Crippen molar-refractivity contribution in [3.8, 4) is 0 Å². The summed E-state index contributed by atoms with van der Waals surface area (Å²) >= 11 is 0. The average molecular weight is 168 g/mol. The standard InChI is InChI=1S/C6H13NO2.ClH/c1-3-5(4-7)6(8)9-2;/h5H,3-4,7H2,1-2H3;1H/t5-;/m0./s1. The largest absolute Gasteiger partial charge is 0.469 e. The van der Waals surface area contributed by atoms with E-state index in [1.807, 2.05) is 6.92 Å². The molecule has 0 bridgehead atoms. The minimum Gasteiger partial charge on any atom is -0.469 e. The van der Waals surface area contributed by atoms with Crippen molar-refractivity contribution in [3.63, 3.8) is 0 Å². The summed E-state index contributed by atoms with van der Waals surface area (Å²) < 4.78 is 4.48. The minimum atomic E-state index is -0.208. The maximum Gasteiger partial charge on any atom is 0.309 e. The summed E-state index contributed by atoms with van der Waals surface area (Å²) in [5.74, 6) is -0.324. The minimum absolute atomic E-state index is 0. The van der Waals surface area contributed by atoms with Crippen LogP contribution in [0.4, 0.5) is 0 Å². The zero-order chi connectivity index (χ0) is 7.28. The summed E-state index contributed by atoms with van der Waals surface area (Å²) in [7, 11) is 1.38. The van der Waals surface area contributed by atoms with E-state index in [0.29, 0.717) is 6.54 Å². The zero-order valence-electron chi connectivity index (χ0n) is 6.29. The van der Waals surface area contributed by atoms with E-state index in [1.165, 1.54) is 7.11 Å². The SMILES string of the molecule is CC[C@@H](CN)C(=O)OC.Cl. The van der Waals surface area contributed by atoms with Crippen LogP contribution in [0.5, 0.6) is 0 Å². The second kappa shape index (κ2) is 6.83. The Bertz CT molecular complexity index is 93.7. The Balaban J connectivity index is 0. The molecule has 0 spiro atoms. The quantitative estimate of drug-likeness (QED) is 0.626. The van der Waals surface area contributed by atoms with Crippen molar-refractivity contribution < 1.29 is 9.53 Å². The topological polar surface area (TPSA) is 52.3 Å². The van der Waals surface area contributed by atoms with Gasteiger partial charge >= 0.3 is 5.97 Å². The lowest BCUT2D eigenvalue weighted by molar-refractivity contribution is -0.145. The lowest BCUT2D eigenvalue weighted by atomic mass is 10.1. The van der Waals surface area contributed by atoms with Crippen molar-refractivity contribution in [2.45, 2.75) is 13.3 Å². The van der Waals surface area contributed by atoms with Crippen LogP contribution in [-0.4, -0.2) is 19.6 Å². The van der Waals surface area contributed by atoms with E-state index in [2.05, 4.69) is 4.74 Å². The Hall–Kier alpha value is -0.280. The number of halogens is 1. The first-order valence-corrected chi connectivity index (χ1v) is 3.04. The van der Waals surface area contributed by atoms with Crippen LogP contribution in [0.3, 0.4) is 0 Å². The highest BCUT2D eigenvalue weighted by atomic mass is 35.5. The number of rotatable bonds is 3. The summed E-state index contributed by atoms with van der Waals surface area (Å²) in [4.78, 5) is 10.7. The van der Waals surface area contributed by atoms with Crippen LogP contribution in [0.1, 0.15) is 13.3 Å². The van der Waals surface area contributed by atoms with Crippen LogP contribution in [0, 0.1) is 5.92 Å². The third kappa shape index (κ3) is 3.69. The van der Waals surface area contributed by atoms with Gasteiger partial charge in [-0.05, 0) is 6.42 Å². The van der Waals surface area contributed by atoms with Gasteiger partial charge in [-0.25, -0.2) is 0 Å². The van der Waals surface area contributed by atoms with Gasteiger partial charge in [0, 0.05) is 6.54 Å². The molecule has 1 atom stereocenters. The highest BCUT2D eigenvalue weighted by Crippen LogP contribution is 2.00. The molecule has 0 aliphatic rings. The molecule has 10 heavy (non-hydrogen) atoms. The molecule has 3 nitrogen and oxygen atoms in total. The Morgan fingerprint density at radius 2 is 2.20 bits per heavy atom. The first kappa shape index (κ1) is 12.4. The lowest BCUT2D eigenvalue weighted by Crippen LogP contribution is -2.23. The van der Waals surface area contributed by atoms with Gasteiger partial charge in [-0.3, -0.25) is 4.79 Å². The monoisotopic (exact) mass is 167 g/mol. The van der Waals surface area contributed by atoms with Gasteiger partial charge in [0.15, 0.2) is 0 Å². The van der Waals surface area contributed by atoms with E-state index in [9.17, 15) is 4.79 Å². The molecule has 0 aromatic heterocycles. The number of methoxy groups -OCH3 is 1. The molecular weight excluding hydrogens is 154 g/mol. The predicted molar refractivity (Wildman–Crippen MR) is 42.1 cm³/mol. The molecule has 0 fully saturated rings. The molecule has 0 amide bonds. The molecule has 0 saturated carbocycles. The number of carbonyl (C=O) groups is 1. The molecule has 62 valence electrons. The van der Waals surface area contributed by atoms with Crippen molar-refractivity contribution in [2.75, 3.05) is 13.7 Å². The first-order chi connectivity index (χ1) is 4.26. The third-order valence-electron chi connectivity index (χ3n) is 1.31. The highest BCUT2D eigenvalue weighted by molar-refractivity contribution is 5.85. The molecule has 4 heteroatoms. The van der Waals surface area contributed by atoms with E-state index < -0.39 is 0 Å². The molecule has 0 unspecified atom stereocenters. The molecular formula is C6H14ClNO2. The molecule has 0 saturated heterocycles. The second-order valence-electron chi connectivity index (χ2n) is 1.86. The smallest absolute Gasteiger partial charge is 0.309 e. The van der Waals surface area contributed by atoms with Crippen LogP contribution in [0.25, 0.3) is 0 Å². The lowest BCUT2D eigenvalue weighted by Gasteiger charge is -2.07. The Morgan fingerprint density at radius 3 is 2.30 bits per heavy atom. The van der Waals surface area contributed by atoms with Crippen molar-refractivity contribution in [1.82, 2.24) is 0 Å². The van der Waals surface area contributed by atoms with Gasteiger partial charge in [0.2, 0.25) is 0 Å². The van der Waals surface area contributed by atoms with E-state index in [0.717, 1.165) is 6.42 Å². The van der Waals surface area contributed by atoms with E-state index in [-0.39, 0.29) is 24.3 Å². The van der Waals surface area contributed by atoms with Gasteiger partial charge in [0.1, 0.15) is 0 Å². The van der Waals surface area contributed by atoms with E-state index in [4.69, 9.17) is 5.73 Å². The summed E-state index contributed by atoms with van der Waals surface area (Å²) in [5.41, 5.74) is 5.26. The van der Waals surface area contributed by atoms with Crippen LogP contribution in [0.15, 0.2) is 0 Å². The molecule has 0 aliphatic heterocycles. The van der Waals surface area contributed by atoms with Crippen molar-refractivity contribution in [3.05, 3.63) is 0 Å². The number of esters is 1. The van der Waals surface area contributed by atoms with E-state index >= 15 is 0 Å². The van der Waals surface area contributed by atoms with Crippen LogP contribution in [0.2, 0.25) is 0 Å². The average Bonchev–Trinajstić information content (AvgIpc) is 1.90. The molecule has 0 aliphatic carbocycles. The molecule has 2 N–H and O–H groups in total. The van der Waals surface area contributed by atoms with Gasteiger partial charge in [-0.1, -0.05) is 6.92 Å². The molecule has 0 aromatic rings. The Labute approximate surface area is 67.3 Å². The summed E-state index contributed by atoms with van der Waals surface area (Å²) in [5, 5.41) is 0. The molecule has 0 heterocycles. The van der Waals surface area contributed by atoms with Crippen LogP contribution in [-0.2, 0) is 9.53 Å². The number of ether oxygens (including phenoxy) is 1. The molecule has 0 radical (unpaired) electrons. The number of carbonyl (C=O) groups excluding carboxylic acids is 1. The fraction of sp³-hybridized carbons (Fsp3) is 0.833. The van der Waals surface area contributed by atoms with Gasteiger partial charge < -0.3 is 10.5 Å². The summed E-state index contributed by atoms with van der Waals surface area (Å²) in [6.07, 6.45) is 0.753. The number of nitrogens with two attached hydrogens (primary N) is 1. The second-order valence-corrected chi connectivity index (χ2v) is 1.86. The highest BCUT2D eigenvalue weighted by Gasteiger charge is 2.13. The fourth-order valence-electron chi connectivity index (χ4n) is 0.596. The van der Waals surface area contributed by atoms with Crippen molar-refractivity contribution >= 4 is 18.4 Å². The predicted octanol–water partition coefficient (Wildman–Crippen LogP) is 0.566. The maximum absolute atomic E-state index is 10.7. The Morgan fingerprint density at radius 1 is 1.70 bits per heavy atom. The van der Waals surface area contributed by atoms with Crippen molar-refractivity contribution in [2.24, 2.45) is 11.7 Å². The maximum atomic E-state index is 10.7. The van der Waals surface area contributed by atoms with Gasteiger partial charge in [0.25, 0.3) is 0 Å². The molecule has 0 aromatic carbocycles. The van der Waals surface area contributed by atoms with Crippen molar-refractivity contribution in [1.29, 1.82) is 0 Å². The molecule has 0 rings (SSSR count). The normalized spacial score (nSPS) is 11.5. The van der Waals surface area contributed by atoms with Gasteiger partial charge in [-0.2, -0.15) is 0 Å². The van der Waals surface area contributed by atoms with Crippen LogP contribution >= 0.6 is 12.4 Å². The number of hydrogen-bond acceptors (Lipinski definition) is 3. The van der Waals surface area contributed by atoms with Gasteiger partial charge in [-0.15, -0.1) is 12.4 Å². The third-order valence-corrected chi connectivity index (χ3v) is 1.31. The summed E-state index contributed by atoms with van der Waals surface area (Å²) in [6.45, 7) is 2.29. The Kier molecular flexibility index (Phi) is 8.48. The van der Waals surface area contributed by atoms with Crippen LogP contribution < -0.4 is 5.73 Å². The summed E-state index contributed by atoms with van der Waals surface area (Å²) in [6, 6.07) is 0. The first-order valence-electron chi connectivity index (χ1n) is 3.04.